The van der Waals surface area contributed by atoms with E-state index in [1.165, 1.54) is 0 Å². The molecule has 0 aromatic heterocycles. The first-order valence-corrected chi connectivity index (χ1v) is 5.89. The molecule has 1 aromatic carbocycles. The Morgan fingerprint density at radius 2 is 2.00 bits per heavy atom. The molecular formula is C12H16N2S. The van der Waals surface area contributed by atoms with Crippen molar-refractivity contribution in [1.82, 2.24) is 0 Å². The van der Waals surface area contributed by atoms with Crippen molar-refractivity contribution in [1.29, 1.82) is 5.26 Å². The fraction of sp³-hybridized carbons (Fsp3) is 0.417. The average Bonchev–Trinajstić information content (AvgIpc) is 2.21. The van der Waals surface area contributed by atoms with Gasteiger partial charge in [-0.3, -0.25) is 0 Å². The summed E-state index contributed by atoms with van der Waals surface area (Å²) in [6, 6.07) is 7.70. The van der Waals surface area contributed by atoms with E-state index in [4.69, 9.17) is 11.0 Å². The number of thioether (sulfide) groups is 1. The summed E-state index contributed by atoms with van der Waals surface area (Å²) in [4.78, 5) is 1.01. The van der Waals surface area contributed by atoms with Gasteiger partial charge in [-0.25, -0.2) is 0 Å². The Labute approximate surface area is 95.5 Å². The first-order valence-electron chi connectivity index (χ1n) is 5.01. The minimum Gasteiger partial charge on any atom is -0.397 e. The monoisotopic (exact) mass is 220 g/mol. The third kappa shape index (κ3) is 2.90. The highest BCUT2D eigenvalue weighted by atomic mass is 32.2. The van der Waals surface area contributed by atoms with E-state index in [1.807, 2.05) is 12.1 Å². The van der Waals surface area contributed by atoms with Gasteiger partial charge in [-0.05, 0) is 18.1 Å². The second-order valence-corrected chi connectivity index (χ2v) is 5.32. The lowest BCUT2D eigenvalue weighted by atomic mass is 10.2. The molecule has 2 nitrogen and oxygen atoms in total. The Bertz CT molecular complexity index is 380. The van der Waals surface area contributed by atoms with Gasteiger partial charge in [0.2, 0.25) is 0 Å². The normalized spacial score (nSPS) is 12.5. The first-order chi connectivity index (χ1) is 7.06. The molecule has 1 aromatic rings. The SMILES string of the molecule is CC(C)C(C)Sc1cccc(C#N)c1N. The van der Waals surface area contributed by atoms with E-state index in [2.05, 4.69) is 26.8 Å². The van der Waals surface area contributed by atoms with Crippen molar-refractivity contribution in [2.45, 2.75) is 30.9 Å². The molecule has 0 aliphatic heterocycles. The lowest BCUT2D eigenvalue weighted by Crippen LogP contribution is -2.06. The topological polar surface area (TPSA) is 49.8 Å². The van der Waals surface area contributed by atoms with Gasteiger partial charge >= 0.3 is 0 Å². The molecule has 0 bridgehead atoms. The Morgan fingerprint density at radius 3 is 2.53 bits per heavy atom. The minimum absolute atomic E-state index is 0.501. The molecule has 0 amide bonds. The molecule has 0 heterocycles. The largest absolute Gasteiger partial charge is 0.397 e. The second kappa shape index (κ2) is 5.09. The molecule has 2 N–H and O–H groups in total. The van der Waals surface area contributed by atoms with Gasteiger partial charge < -0.3 is 5.73 Å². The van der Waals surface area contributed by atoms with E-state index >= 15 is 0 Å². The van der Waals surface area contributed by atoms with E-state index in [9.17, 15) is 0 Å². The molecule has 3 heteroatoms. The number of nitrogens with zero attached hydrogens (tertiary/aromatic N) is 1. The van der Waals surface area contributed by atoms with E-state index < -0.39 is 0 Å². The van der Waals surface area contributed by atoms with Gasteiger partial charge in [0.1, 0.15) is 6.07 Å². The van der Waals surface area contributed by atoms with E-state index in [1.54, 1.807) is 17.8 Å². The summed E-state index contributed by atoms with van der Waals surface area (Å²) in [6.45, 7) is 6.54. The number of hydrogen-bond donors (Lipinski definition) is 1. The molecule has 0 fully saturated rings. The molecule has 1 rings (SSSR count). The Morgan fingerprint density at radius 1 is 1.33 bits per heavy atom. The lowest BCUT2D eigenvalue weighted by molar-refractivity contribution is 0.642. The predicted molar refractivity (Wildman–Crippen MR) is 65.7 cm³/mol. The number of para-hydroxylation sites is 1. The molecule has 15 heavy (non-hydrogen) atoms. The van der Waals surface area contributed by atoms with Crippen molar-refractivity contribution < 1.29 is 0 Å². The van der Waals surface area contributed by atoms with Gasteiger partial charge in [-0.1, -0.05) is 26.8 Å². The summed E-state index contributed by atoms with van der Waals surface area (Å²) in [5.74, 6) is 0.597. The molecule has 0 saturated heterocycles. The minimum atomic E-state index is 0.501. The fourth-order valence-corrected chi connectivity index (χ4v) is 2.15. The van der Waals surface area contributed by atoms with Crippen LogP contribution in [0.15, 0.2) is 23.1 Å². The summed E-state index contributed by atoms with van der Waals surface area (Å²) >= 11 is 1.73. The molecular weight excluding hydrogens is 204 g/mol. The van der Waals surface area contributed by atoms with Crippen molar-refractivity contribution >= 4 is 17.4 Å². The summed E-state index contributed by atoms with van der Waals surface area (Å²) < 4.78 is 0. The number of benzene rings is 1. The van der Waals surface area contributed by atoms with Crippen LogP contribution in [-0.2, 0) is 0 Å². The lowest BCUT2D eigenvalue weighted by Gasteiger charge is -2.16. The van der Waals surface area contributed by atoms with Crippen LogP contribution >= 0.6 is 11.8 Å². The number of rotatable bonds is 3. The molecule has 80 valence electrons. The molecule has 0 aliphatic carbocycles. The van der Waals surface area contributed by atoms with Crippen LogP contribution in [0, 0.1) is 17.2 Å². The smallest absolute Gasteiger partial charge is 0.101 e. The zero-order valence-corrected chi connectivity index (χ0v) is 10.1. The van der Waals surface area contributed by atoms with Gasteiger partial charge in [0, 0.05) is 10.1 Å². The van der Waals surface area contributed by atoms with Gasteiger partial charge in [-0.15, -0.1) is 11.8 Å². The van der Waals surface area contributed by atoms with E-state index in [0.29, 0.717) is 22.4 Å². The van der Waals surface area contributed by atoms with Crippen LogP contribution in [0.3, 0.4) is 0 Å². The maximum absolute atomic E-state index is 8.85. The highest BCUT2D eigenvalue weighted by Crippen LogP contribution is 2.33. The second-order valence-electron chi connectivity index (χ2n) is 3.90. The summed E-state index contributed by atoms with van der Waals surface area (Å²) in [6.07, 6.45) is 0. The van der Waals surface area contributed by atoms with Crippen LogP contribution in [0.4, 0.5) is 5.69 Å². The predicted octanol–water partition coefficient (Wildman–Crippen LogP) is 3.28. The van der Waals surface area contributed by atoms with Crippen LogP contribution in [0.25, 0.3) is 0 Å². The van der Waals surface area contributed by atoms with Crippen LogP contribution in [-0.4, -0.2) is 5.25 Å². The van der Waals surface area contributed by atoms with Gasteiger partial charge in [-0.2, -0.15) is 5.26 Å². The highest BCUT2D eigenvalue weighted by Gasteiger charge is 2.12. The zero-order chi connectivity index (χ0) is 11.4. The standard InChI is InChI=1S/C12H16N2S/c1-8(2)9(3)15-11-6-4-5-10(7-13)12(11)14/h4-6,8-9H,14H2,1-3H3. The molecule has 1 unspecified atom stereocenters. The number of anilines is 1. The van der Waals surface area contributed by atoms with Crippen molar-refractivity contribution in [2.24, 2.45) is 5.92 Å². The molecule has 0 spiro atoms. The average molecular weight is 220 g/mol. The van der Waals surface area contributed by atoms with E-state index in [-0.39, 0.29) is 0 Å². The maximum Gasteiger partial charge on any atom is 0.101 e. The van der Waals surface area contributed by atoms with Gasteiger partial charge in [0.25, 0.3) is 0 Å². The number of nitriles is 1. The Hall–Kier alpha value is -1.14. The summed E-state index contributed by atoms with van der Waals surface area (Å²) in [5.41, 5.74) is 7.07. The maximum atomic E-state index is 8.85. The Kier molecular flexibility index (Phi) is 4.05. The number of nitrogens with two attached hydrogens (primary N) is 1. The third-order valence-corrected chi connectivity index (χ3v) is 3.96. The van der Waals surface area contributed by atoms with Crippen molar-refractivity contribution in [2.75, 3.05) is 5.73 Å². The van der Waals surface area contributed by atoms with Gasteiger partial charge in [0.05, 0.1) is 11.3 Å². The molecule has 0 saturated carbocycles. The van der Waals surface area contributed by atoms with Crippen molar-refractivity contribution in [3.8, 4) is 6.07 Å². The summed E-state index contributed by atoms with van der Waals surface area (Å²) in [5, 5.41) is 9.35. The molecule has 0 radical (unpaired) electrons. The summed E-state index contributed by atoms with van der Waals surface area (Å²) in [7, 11) is 0. The molecule has 1 atom stereocenters. The van der Waals surface area contributed by atoms with Crippen LogP contribution < -0.4 is 5.73 Å². The van der Waals surface area contributed by atoms with Crippen LogP contribution in [0.2, 0.25) is 0 Å². The van der Waals surface area contributed by atoms with Crippen LogP contribution in [0.1, 0.15) is 26.3 Å². The Balaban J connectivity index is 2.92. The zero-order valence-electron chi connectivity index (χ0n) is 9.32. The number of hydrogen-bond acceptors (Lipinski definition) is 3. The van der Waals surface area contributed by atoms with Crippen LogP contribution in [0.5, 0.6) is 0 Å². The van der Waals surface area contributed by atoms with Crippen molar-refractivity contribution in [3.05, 3.63) is 23.8 Å². The quantitative estimate of drug-likeness (QED) is 0.628. The van der Waals surface area contributed by atoms with Crippen molar-refractivity contribution in [3.63, 3.8) is 0 Å². The van der Waals surface area contributed by atoms with Gasteiger partial charge in [0.15, 0.2) is 0 Å². The van der Waals surface area contributed by atoms with E-state index in [0.717, 1.165) is 4.90 Å². The molecule has 0 aliphatic rings. The highest BCUT2D eigenvalue weighted by molar-refractivity contribution is 8.00. The first kappa shape index (κ1) is 11.9. The fourth-order valence-electron chi connectivity index (χ4n) is 1.08. The number of nitrogen functional groups attached to an aromatic ring is 1. The third-order valence-electron chi connectivity index (χ3n) is 2.44.